The number of benzene rings is 1. The van der Waals surface area contributed by atoms with Crippen LogP contribution in [0.15, 0.2) is 24.3 Å². The summed E-state index contributed by atoms with van der Waals surface area (Å²) < 4.78 is 0.805. The minimum absolute atomic E-state index is 0.111. The summed E-state index contributed by atoms with van der Waals surface area (Å²) in [6, 6.07) is 5.11. The van der Waals surface area contributed by atoms with E-state index < -0.39 is 35.7 Å². The van der Waals surface area contributed by atoms with E-state index in [1.165, 1.54) is 18.2 Å². The monoisotopic (exact) mass is 342 g/mol. The topological polar surface area (TPSA) is 109 Å². The number of aromatic nitrogens is 2. The van der Waals surface area contributed by atoms with Crippen molar-refractivity contribution in [1.29, 1.82) is 0 Å². The van der Waals surface area contributed by atoms with Gasteiger partial charge in [-0.3, -0.25) is 4.79 Å². The highest BCUT2D eigenvalue weighted by Crippen LogP contribution is 2.22. The van der Waals surface area contributed by atoms with E-state index in [0.717, 1.165) is 10.7 Å². The van der Waals surface area contributed by atoms with Crippen molar-refractivity contribution >= 4 is 40.9 Å². The van der Waals surface area contributed by atoms with E-state index in [2.05, 4.69) is 5.10 Å². The number of Topliss-reactive ketones (excluding diaryl/α,β-unsaturated/α-hetero) is 1. The number of aromatic carboxylic acids is 2. The van der Waals surface area contributed by atoms with E-state index in [9.17, 15) is 14.4 Å². The first-order valence-electron chi connectivity index (χ1n) is 5.82. The van der Waals surface area contributed by atoms with Crippen LogP contribution in [0.2, 0.25) is 10.0 Å². The molecule has 0 bridgehead atoms. The van der Waals surface area contributed by atoms with Crippen LogP contribution < -0.4 is 0 Å². The molecule has 0 aliphatic carbocycles. The van der Waals surface area contributed by atoms with E-state index in [1.807, 2.05) is 0 Å². The summed E-state index contributed by atoms with van der Waals surface area (Å²) in [4.78, 5) is 34.1. The van der Waals surface area contributed by atoms with Crippen molar-refractivity contribution in [1.82, 2.24) is 9.78 Å². The van der Waals surface area contributed by atoms with Crippen molar-refractivity contribution < 1.29 is 24.6 Å². The Hall–Kier alpha value is -2.38. The molecule has 0 fully saturated rings. The van der Waals surface area contributed by atoms with Crippen molar-refractivity contribution in [2.45, 2.75) is 6.54 Å². The van der Waals surface area contributed by atoms with Gasteiger partial charge in [0.15, 0.2) is 11.5 Å². The van der Waals surface area contributed by atoms with Crippen molar-refractivity contribution in [3.8, 4) is 0 Å². The summed E-state index contributed by atoms with van der Waals surface area (Å²) in [6.07, 6.45) is 0. The lowest BCUT2D eigenvalue weighted by Gasteiger charge is -2.06. The number of ketones is 1. The predicted molar refractivity (Wildman–Crippen MR) is 76.9 cm³/mol. The number of carbonyl (C=O) groups excluding carboxylic acids is 1. The van der Waals surface area contributed by atoms with Crippen molar-refractivity contribution in [3.05, 3.63) is 51.3 Å². The predicted octanol–water partition coefficient (Wildman–Crippen LogP) is 2.47. The van der Waals surface area contributed by atoms with Gasteiger partial charge in [-0.15, -0.1) is 0 Å². The Morgan fingerprint density at radius 2 is 1.77 bits per heavy atom. The Morgan fingerprint density at radius 1 is 1.09 bits per heavy atom. The highest BCUT2D eigenvalue weighted by molar-refractivity contribution is 6.36. The molecule has 0 unspecified atom stereocenters. The number of rotatable bonds is 5. The smallest absolute Gasteiger partial charge is 0.356 e. The zero-order valence-corrected chi connectivity index (χ0v) is 12.3. The number of nitrogens with zero attached hydrogens (tertiary/aromatic N) is 2. The molecule has 2 aromatic rings. The summed E-state index contributed by atoms with van der Waals surface area (Å²) in [5, 5.41) is 21.9. The third kappa shape index (κ3) is 3.26. The highest BCUT2D eigenvalue weighted by Gasteiger charge is 2.21. The van der Waals surface area contributed by atoms with Crippen LogP contribution in [0.3, 0.4) is 0 Å². The fourth-order valence-corrected chi connectivity index (χ4v) is 2.26. The van der Waals surface area contributed by atoms with Gasteiger partial charge >= 0.3 is 11.9 Å². The summed E-state index contributed by atoms with van der Waals surface area (Å²) in [5.74, 6) is -3.31. The lowest BCUT2D eigenvalue weighted by molar-refractivity contribution is 0.0674. The molecule has 0 amide bonds. The molecule has 0 saturated heterocycles. The van der Waals surface area contributed by atoms with E-state index in [1.54, 1.807) is 0 Å². The first-order chi connectivity index (χ1) is 10.3. The van der Waals surface area contributed by atoms with Crippen molar-refractivity contribution in [2.75, 3.05) is 0 Å². The minimum atomic E-state index is -1.39. The van der Waals surface area contributed by atoms with Gasteiger partial charge in [-0.25, -0.2) is 14.3 Å². The maximum atomic E-state index is 12.2. The van der Waals surface area contributed by atoms with Crippen LogP contribution in [0.1, 0.15) is 31.3 Å². The normalized spacial score (nSPS) is 10.5. The van der Waals surface area contributed by atoms with Crippen LogP contribution >= 0.6 is 23.2 Å². The number of hydrogen-bond donors (Lipinski definition) is 2. The van der Waals surface area contributed by atoms with Crippen LogP contribution in [0.25, 0.3) is 0 Å². The Labute approximate surface area is 133 Å². The summed E-state index contributed by atoms with van der Waals surface area (Å²) >= 11 is 11.6. The molecule has 1 aromatic carbocycles. The molecule has 2 rings (SSSR count). The van der Waals surface area contributed by atoms with Gasteiger partial charge in [0.2, 0.25) is 0 Å². The van der Waals surface area contributed by atoms with Crippen molar-refractivity contribution in [2.24, 2.45) is 0 Å². The Bertz CT molecular complexity index is 785. The summed E-state index contributed by atoms with van der Waals surface area (Å²) in [5.41, 5.74) is -0.738. The van der Waals surface area contributed by atoms with Gasteiger partial charge in [0.1, 0.15) is 12.2 Å². The molecule has 9 heteroatoms. The van der Waals surface area contributed by atoms with Gasteiger partial charge in [0, 0.05) is 16.7 Å². The minimum Gasteiger partial charge on any atom is -0.477 e. The van der Waals surface area contributed by atoms with Crippen LogP contribution in [0.5, 0.6) is 0 Å². The molecule has 0 atom stereocenters. The molecule has 0 spiro atoms. The fraction of sp³-hybridized carbons (Fsp3) is 0.0769. The van der Waals surface area contributed by atoms with E-state index >= 15 is 0 Å². The molecule has 1 aromatic heterocycles. The number of carboxylic acids is 2. The Balaban J connectivity index is 2.35. The Kier molecular flexibility index (Phi) is 4.48. The second-order valence-corrected chi connectivity index (χ2v) is 5.07. The van der Waals surface area contributed by atoms with Crippen LogP contribution in [0.4, 0.5) is 0 Å². The van der Waals surface area contributed by atoms with E-state index in [-0.39, 0.29) is 10.6 Å². The molecular formula is C13H8Cl2N2O5. The van der Waals surface area contributed by atoms with Gasteiger partial charge < -0.3 is 10.2 Å². The molecular weight excluding hydrogens is 335 g/mol. The van der Waals surface area contributed by atoms with Gasteiger partial charge in [0.05, 0.1) is 5.02 Å². The number of carbonyl (C=O) groups is 3. The second kappa shape index (κ2) is 6.17. The lowest BCUT2D eigenvalue weighted by atomic mass is 10.1. The zero-order valence-electron chi connectivity index (χ0n) is 10.8. The van der Waals surface area contributed by atoms with Gasteiger partial charge in [-0.05, 0) is 18.2 Å². The molecule has 0 aliphatic rings. The van der Waals surface area contributed by atoms with E-state index in [4.69, 9.17) is 33.4 Å². The first kappa shape index (κ1) is 16.0. The van der Waals surface area contributed by atoms with Crippen molar-refractivity contribution in [3.63, 3.8) is 0 Å². The van der Waals surface area contributed by atoms with Crippen LogP contribution in [-0.4, -0.2) is 37.7 Å². The molecule has 7 nitrogen and oxygen atoms in total. The molecule has 0 radical (unpaired) electrons. The number of halogens is 2. The van der Waals surface area contributed by atoms with Crippen LogP contribution in [0, 0.1) is 0 Å². The SMILES string of the molecule is O=C(O)c1cc(C(=O)O)n(CC(=O)c2ccc(Cl)cc2Cl)n1. The molecule has 1 heterocycles. The maximum Gasteiger partial charge on any atom is 0.356 e. The Morgan fingerprint density at radius 3 is 2.32 bits per heavy atom. The molecule has 22 heavy (non-hydrogen) atoms. The first-order valence-corrected chi connectivity index (χ1v) is 6.58. The zero-order chi connectivity index (χ0) is 16.4. The average Bonchev–Trinajstić information content (AvgIpc) is 2.82. The van der Waals surface area contributed by atoms with Gasteiger partial charge in [-0.1, -0.05) is 23.2 Å². The van der Waals surface area contributed by atoms with Gasteiger partial charge in [-0.2, -0.15) is 5.10 Å². The van der Waals surface area contributed by atoms with E-state index in [0.29, 0.717) is 5.02 Å². The average molecular weight is 343 g/mol. The third-order valence-electron chi connectivity index (χ3n) is 2.74. The van der Waals surface area contributed by atoms with Gasteiger partial charge in [0.25, 0.3) is 0 Å². The third-order valence-corrected chi connectivity index (χ3v) is 3.29. The fourth-order valence-electron chi connectivity index (χ4n) is 1.75. The second-order valence-electron chi connectivity index (χ2n) is 4.23. The maximum absolute atomic E-state index is 12.2. The number of hydrogen-bond acceptors (Lipinski definition) is 4. The van der Waals surface area contributed by atoms with Crippen LogP contribution in [-0.2, 0) is 6.54 Å². The number of carboxylic acid groups (broad SMARTS) is 2. The molecule has 114 valence electrons. The highest BCUT2D eigenvalue weighted by atomic mass is 35.5. The molecule has 0 saturated carbocycles. The standard InChI is InChI=1S/C13H8Cl2N2O5/c14-6-1-2-7(8(15)3-6)11(18)5-17-10(13(21)22)4-9(16-17)12(19)20/h1-4H,5H2,(H,19,20)(H,21,22). The molecule has 0 aliphatic heterocycles. The summed E-state index contributed by atoms with van der Waals surface area (Å²) in [7, 11) is 0. The summed E-state index contributed by atoms with van der Waals surface area (Å²) in [6.45, 7) is -0.462. The molecule has 2 N–H and O–H groups in total. The lowest BCUT2D eigenvalue weighted by Crippen LogP contribution is -2.17. The quantitative estimate of drug-likeness (QED) is 0.807. The largest absolute Gasteiger partial charge is 0.477 e.